The van der Waals surface area contributed by atoms with Gasteiger partial charge in [-0.15, -0.1) is 0 Å². The van der Waals surface area contributed by atoms with E-state index in [2.05, 4.69) is 10.3 Å². The average Bonchev–Trinajstić information content (AvgIpc) is 2.05. The summed E-state index contributed by atoms with van der Waals surface area (Å²) in [5.41, 5.74) is 0. The molecule has 0 bridgehead atoms. The van der Waals surface area contributed by atoms with Gasteiger partial charge in [0.1, 0.15) is 0 Å². The van der Waals surface area contributed by atoms with Crippen LogP contribution in [0.25, 0.3) is 0 Å². The van der Waals surface area contributed by atoms with Crippen molar-refractivity contribution in [3.63, 3.8) is 0 Å². The van der Waals surface area contributed by atoms with Crippen molar-refractivity contribution >= 4 is 22.1 Å². The molecule has 1 saturated heterocycles. The Balaban J connectivity index is 2.34. The zero-order valence-corrected chi connectivity index (χ0v) is 5.07. The maximum Gasteiger partial charge on any atom is 0.408 e. The monoisotopic (exact) mass is 129 g/mol. The van der Waals surface area contributed by atoms with E-state index in [0.29, 0.717) is 0 Å². The lowest BCUT2D eigenvalue weighted by molar-refractivity contribution is 0.903. The second-order valence-electron chi connectivity index (χ2n) is 1.66. The van der Waals surface area contributed by atoms with Crippen molar-refractivity contribution < 1.29 is 0 Å². The molecule has 0 atom stereocenters. The molecular weight excluding hydrogens is 126 g/mol. The van der Waals surface area contributed by atoms with Crippen molar-refractivity contribution in [2.45, 2.75) is 0 Å². The van der Waals surface area contributed by atoms with Crippen LogP contribution in [-0.4, -0.2) is 26.8 Å². The molecule has 0 amide bonds. The molecule has 1 aliphatic rings. The third-order valence-electron chi connectivity index (χ3n) is 1.01. The van der Waals surface area contributed by atoms with E-state index >= 15 is 0 Å². The molecule has 0 unspecified atom stereocenters. The van der Waals surface area contributed by atoms with Gasteiger partial charge in [-0.2, -0.15) is 5.26 Å². The molecule has 0 aromatic carbocycles. The first-order chi connectivity index (χ1) is 4.86. The number of hydrogen-bond acceptors (Lipinski definition) is 5. The number of hydrogen-bond donors (Lipinski definition) is 2. The molecule has 1 aliphatic heterocycles. The third-order valence-corrected chi connectivity index (χ3v) is 1.01. The molecule has 1 rings (SSSR count). The highest BCUT2D eigenvalue weighted by Gasteiger charge is 2.23. The summed E-state index contributed by atoms with van der Waals surface area (Å²) in [6.45, 7) is -0.426. The average molecular weight is 129 g/mol. The molecule has 1 heterocycles. The Hall–Kier alpha value is -1.11. The predicted octanol–water partition coefficient (Wildman–Crippen LogP) is -2.42. The Bertz CT molecular complexity index is 162. The zero-order valence-electron chi connectivity index (χ0n) is 5.07. The molecule has 44 valence electrons. The van der Waals surface area contributed by atoms with Crippen molar-refractivity contribution in [3.8, 4) is 12.2 Å². The smallest absolute Gasteiger partial charge is 0.376 e. The van der Waals surface area contributed by atoms with Crippen LogP contribution < -0.4 is 10.3 Å². The van der Waals surface area contributed by atoms with E-state index in [1.54, 1.807) is 0 Å². The third kappa shape index (κ3) is 1.44. The van der Waals surface area contributed by atoms with Crippen molar-refractivity contribution in [3.05, 3.63) is 0 Å². The number of rotatable bonds is 0. The molecule has 0 saturated carbocycles. The Labute approximate surface area is 60.7 Å². The van der Waals surface area contributed by atoms with E-state index in [9.17, 15) is 0 Å². The second-order valence-corrected chi connectivity index (χ2v) is 1.66. The Morgan fingerprint density at radius 3 is 2.30 bits per heavy atom. The summed E-state index contributed by atoms with van der Waals surface area (Å²) < 4.78 is 1.23. The van der Waals surface area contributed by atoms with Gasteiger partial charge in [-0.25, -0.2) is 5.26 Å². The molecule has 0 aromatic rings. The minimum atomic E-state index is -0.426. The first-order valence-corrected chi connectivity index (χ1v) is 2.63. The van der Waals surface area contributed by atoms with Crippen molar-refractivity contribution in [2.75, 3.05) is 0 Å². The summed E-state index contributed by atoms with van der Waals surface area (Å²) in [6.07, 6.45) is 1.84. The van der Waals surface area contributed by atoms with Crippen molar-refractivity contribution in [1.29, 1.82) is 10.5 Å². The largest absolute Gasteiger partial charge is 0.408 e. The molecule has 0 spiro atoms. The van der Waals surface area contributed by atoms with Gasteiger partial charge in [-0.05, 0) is 0 Å². The van der Waals surface area contributed by atoms with E-state index < -0.39 is 6.98 Å². The lowest BCUT2D eigenvalue weighted by atomic mass is 9.66. The van der Waals surface area contributed by atoms with Crippen molar-refractivity contribution in [1.82, 2.24) is 15.0 Å². The van der Waals surface area contributed by atoms with E-state index in [0.717, 1.165) is 0 Å². The van der Waals surface area contributed by atoms with Crippen LogP contribution in [0.1, 0.15) is 0 Å². The minimum absolute atomic E-state index is 0.426. The molecule has 2 N–H and O–H groups in total. The van der Waals surface area contributed by atoms with Crippen LogP contribution in [0.2, 0.25) is 0 Å². The first kappa shape index (κ1) is 7.01. The van der Waals surface area contributed by atoms with Gasteiger partial charge in [-0.1, -0.05) is 0 Å². The summed E-state index contributed by atoms with van der Waals surface area (Å²) in [7, 11) is 2.84. The lowest BCUT2D eigenvalue weighted by Gasteiger charge is -2.21. The van der Waals surface area contributed by atoms with Gasteiger partial charge < -0.3 is 15.0 Å². The van der Waals surface area contributed by atoms with Gasteiger partial charge in [-0.3, -0.25) is 0 Å². The van der Waals surface area contributed by atoms with Crippen LogP contribution in [0, 0.1) is 22.7 Å². The topological polar surface area (TPSA) is 74.9 Å². The summed E-state index contributed by atoms with van der Waals surface area (Å²) in [4.78, 5) is 0. The Kier molecular flexibility index (Phi) is 2.22. The van der Waals surface area contributed by atoms with E-state index in [4.69, 9.17) is 10.5 Å². The molecular formula is C2H2B3N5. The van der Waals surface area contributed by atoms with Gasteiger partial charge in [0, 0.05) is 5.97 Å². The molecule has 0 aliphatic carbocycles. The van der Waals surface area contributed by atoms with Gasteiger partial charge >= 0.3 is 22.1 Å². The highest BCUT2D eigenvalue weighted by Crippen LogP contribution is 1.80. The molecule has 0 aromatic heterocycles. The SMILES string of the molecule is N#CB1N[B]N(C#N)[B]N1. The summed E-state index contributed by atoms with van der Waals surface area (Å²) in [5.74, 6) is 1.93. The zero-order chi connectivity index (χ0) is 7.40. The van der Waals surface area contributed by atoms with Crippen molar-refractivity contribution in [2.24, 2.45) is 0 Å². The summed E-state index contributed by atoms with van der Waals surface area (Å²) in [5, 5.41) is 21.9. The second kappa shape index (κ2) is 3.16. The van der Waals surface area contributed by atoms with Crippen LogP contribution >= 0.6 is 0 Å². The van der Waals surface area contributed by atoms with Gasteiger partial charge in [0.05, 0.1) is 0 Å². The van der Waals surface area contributed by atoms with E-state index in [-0.39, 0.29) is 0 Å². The fraction of sp³-hybridized carbons (Fsp3) is 0. The summed E-state index contributed by atoms with van der Waals surface area (Å²) in [6, 6.07) is 0. The van der Waals surface area contributed by atoms with Gasteiger partial charge in [0.25, 0.3) is 0 Å². The molecule has 2 radical (unpaired) electrons. The van der Waals surface area contributed by atoms with Crippen LogP contribution in [0.15, 0.2) is 0 Å². The van der Waals surface area contributed by atoms with Crippen LogP contribution in [-0.2, 0) is 0 Å². The lowest BCUT2D eigenvalue weighted by Crippen LogP contribution is -2.63. The predicted molar refractivity (Wildman–Crippen MR) is 36.6 cm³/mol. The van der Waals surface area contributed by atoms with Crippen LogP contribution in [0.5, 0.6) is 0 Å². The van der Waals surface area contributed by atoms with E-state index in [1.165, 1.54) is 19.8 Å². The number of nitrogens with zero attached hydrogens (tertiary/aromatic N) is 3. The fourth-order valence-electron chi connectivity index (χ4n) is 0.527. The van der Waals surface area contributed by atoms with Gasteiger partial charge in [0.2, 0.25) is 0 Å². The molecule has 1 fully saturated rings. The number of nitriles is 2. The number of nitrogens with one attached hydrogen (secondary N) is 2. The van der Waals surface area contributed by atoms with Gasteiger partial charge in [0.15, 0.2) is 6.19 Å². The molecule has 10 heavy (non-hydrogen) atoms. The first-order valence-electron chi connectivity index (χ1n) is 2.63. The fourth-order valence-corrected chi connectivity index (χ4v) is 0.527. The minimum Gasteiger partial charge on any atom is -0.376 e. The highest BCUT2D eigenvalue weighted by atomic mass is 15.1. The van der Waals surface area contributed by atoms with Crippen LogP contribution in [0.4, 0.5) is 0 Å². The highest BCUT2D eigenvalue weighted by molar-refractivity contribution is 6.79. The maximum atomic E-state index is 8.33. The van der Waals surface area contributed by atoms with Crippen LogP contribution in [0.3, 0.4) is 0 Å². The van der Waals surface area contributed by atoms with E-state index in [1.807, 2.05) is 12.2 Å². The molecule has 5 nitrogen and oxygen atoms in total. The summed E-state index contributed by atoms with van der Waals surface area (Å²) >= 11 is 0. The Morgan fingerprint density at radius 1 is 1.30 bits per heavy atom. The molecule has 8 heteroatoms. The Morgan fingerprint density at radius 2 is 1.90 bits per heavy atom. The standard InChI is InChI=1S/C2H2B3N5/c6-1-5-8-3-10(2-7)4-9-5/h8-9H. The quantitative estimate of drug-likeness (QED) is 0.281. The maximum absolute atomic E-state index is 8.33. The normalized spacial score (nSPS) is 16.2.